The molecule has 25 heavy (non-hydrogen) atoms. The van der Waals surface area contributed by atoms with Crippen molar-refractivity contribution in [3.63, 3.8) is 0 Å². The van der Waals surface area contributed by atoms with Gasteiger partial charge in [-0.3, -0.25) is 9.59 Å². The number of hydrogen-bond acceptors (Lipinski definition) is 5. The number of carbonyl (C=O) groups is 2. The summed E-state index contributed by atoms with van der Waals surface area (Å²) in [4.78, 5) is 24.6. The van der Waals surface area contributed by atoms with Crippen LogP contribution < -0.4 is 15.4 Å². The van der Waals surface area contributed by atoms with Crippen LogP contribution in [0.3, 0.4) is 0 Å². The monoisotopic (exact) mass is 350 g/mol. The zero-order chi connectivity index (χ0) is 18.2. The van der Waals surface area contributed by atoms with Crippen LogP contribution >= 0.6 is 0 Å². The number of aliphatic hydroxyl groups excluding tert-OH is 1. The van der Waals surface area contributed by atoms with Crippen LogP contribution in [0.2, 0.25) is 0 Å². The second-order valence-electron chi connectivity index (χ2n) is 6.52. The lowest BCUT2D eigenvalue weighted by Gasteiger charge is -2.23. The molecule has 2 amide bonds. The maximum Gasteiger partial charge on any atom is 0.258 e. The third-order valence-corrected chi connectivity index (χ3v) is 3.86. The molecule has 0 saturated carbocycles. The van der Waals surface area contributed by atoms with Crippen molar-refractivity contribution < 1.29 is 24.2 Å². The number of benzene rings is 1. The Bertz CT molecular complexity index is 564. The van der Waals surface area contributed by atoms with E-state index in [1.54, 1.807) is 12.1 Å². The Balaban J connectivity index is 1.87. The van der Waals surface area contributed by atoms with Gasteiger partial charge in [0.15, 0.2) is 12.9 Å². The fourth-order valence-electron chi connectivity index (χ4n) is 2.61. The van der Waals surface area contributed by atoms with Crippen LogP contribution in [0.15, 0.2) is 30.3 Å². The van der Waals surface area contributed by atoms with E-state index in [0.717, 1.165) is 0 Å². The minimum Gasteiger partial charge on any atom is -0.484 e. The lowest BCUT2D eigenvalue weighted by molar-refractivity contribution is -0.132. The number of para-hydroxylation sites is 1. The molecule has 1 heterocycles. The van der Waals surface area contributed by atoms with E-state index in [1.807, 2.05) is 32.0 Å². The summed E-state index contributed by atoms with van der Waals surface area (Å²) in [6.07, 6.45) is 0.0413. The first-order valence-corrected chi connectivity index (χ1v) is 8.53. The van der Waals surface area contributed by atoms with E-state index < -0.39 is 18.4 Å². The molecule has 1 saturated heterocycles. The largest absolute Gasteiger partial charge is 0.484 e. The Morgan fingerprint density at radius 1 is 1.32 bits per heavy atom. The first-order chi connectivity index (χ1) is 12.0. The Kier molecular flexibility index (Phi) is 7.21. The van der Waals surface area contributed by atoms with Gasteiger partial charge < -0.3 is 25.2 Å². The number of aliphatic hydroxyl groups is 1. The summed E-state index contributed by atoms with van der Waals surface area (Å²) in [5.74, 6) is 0.119. The van der Waals surface area contributed by atoms with Crippen molar-refractivity contribution >= 4 is 11.8 Å². The minimum absolute atomic E-state index is 0.166. The van der Waals surface area contributed by atoms with Crippen molar-refractivity contribution in [2.75, 3.05) is 13.2 Å². The predicted molar refractivity (Wildman–Crippen MR) is 91.8 cm³/mol. The summed E-state index contributed by atoms with van der Waals surface area (Å²) in [7, 11) is 0. The van der Waals surface area contributed by atoms with E-state index >= 15 is 0 Å². The number of hydrogen-bond donors (Lipinski definition) is 3. The second kappa shape index (κ2) is 9.39. The molecule has 0 aliphatic carbocycles. The number of ether oxygens (including phenoxy) is 2. The first kappa shape index (κ1) is 19.2. The first-order valence-electron chi connectivity index (χ1n) is 8.53. The standard InChI is InChI=1S/C18H26N2O5/c1-12(2)10-15(17(22)20-14-8-9-24-18(14)23)19-16(21)11-25-13-6-4-3-5-7-13/h3-7,12,14-15,18,23H,8-11H2,1-2H3,(H,19,21)(H,20,22). The fraction of sp³-hybridized carbons (Fsp3) is 0.556. The number of amides is 2. The molecule has 1 aliphatic heterocycles. The number of carbonyl (C=O) groups excluding carboxylic acids is 2. The highest BCUT2D eigenvalue weighted by Gasteiger charge is 2.31. The van der Waals surface area contributed by atoms with E-state index in [-0.39, 0.29) is 24.3 Å². The molecule has 0 bridgehead atoms. The highest BCUT2D eigenvalue weighted by molar-refractivity contribution is 5.88. The van der Waals surface area contributed by atoms with Crippen LogP contribution in [-0.4, -0.2) is 48.5 Å². The van der Waals surface area contributed by atoms with Gasteiger partial charge in [-0.2, -0.15) is 0 Å². The average Bonchev–Trinajstić information content (AvgIpc) is 2.98. The molecule has 7 heteroatoms. The van der Waals surface area contributed by atoms with Crippen molar-refractivity contribution in [1.82, 2.24) is 10.6 Å². The minimum atomic E-state index is -0.999. The van der Waals surface area contributed by atoms with Gasteiger partial charge in [0, 0.05) is 0 Å². The fourth-order valence-corrected chi connectivity index (χ4v) is 2.61. The van der Waals surface area contributed by atoms with Gasteiger partial charge in [-0.1, -0.05) is 32.0 Å². The molecule has 3 atom stereocenters. The van der Waals surface area contributed by atoms with Gasteiger partial charge in [-0.05, 0) is 30.9 Å². The van der Waals surface area contributed by atoms with Gasteiger partial charge in [0.25, 0.3) is 5.91 Å². The lowest BCUT2D eigenvalue weighted by Crippen LogP contribution is -2.52. The zero-order valence-corrected chi connectivity index (χ0v) is 14.6. The van der Waals surface area contributed by atoms with E-state index in [0.29, 0.717) is 25.2 Å². The topological polar surface area (TPSA) is 96.9 Å². The summed E-state index contributed by atoms with van der Waals surface area (Å²) < 4.78 is 10.4. The van der Waals surface area contributed by atoms with Crippen molar-refractivity contribution in [3.8, 4) is 5.75 Å². The second-order valence-corrected chi connectivity index (χ2v) is 6.52. The summed E-state index contributed by atoms with van der Waals surface area (Å²) in [6.45, 7) is 4.18. The molecule has 3 unspecified atom stereocenters. The van der Waals surface area contributed by atoms with E-state index in [4.69, 9.17) is 9.47 Å². The molecule has 1 aromatic carbocycles. The van der Waals surface area contributed by atoms with Crippen molar-refractivity contribution in [1.29, 1.82) is 0 Å². The Hall–Kier alpha value is -2.12. The van der Waals surface area contributed by atoms with Crippen LogP contribution in [0.25, 0.3) is 0 Å². The SMILES string of the molecule is CC(C)CC(NC(=O)COc1ccccc1)C(=O)NC1CCOC1O. The highest BCUT2D eigenvalue weighted by Crippen LogP contribution is 2.12. The lowest BCUT2D eigenvalue weighted by atomic mass is 10.0. The normalized spacial score (nSPS) is 21.0. The number of nitrogens with one attached hydrogen (secondary N) is 2. The third kappa shape index (κ3) is 6.36. The van der Waals surface area contributed by atoms with Gasteiger partial charge >= 0.3 is 0 Å². The molecule has 3 N–H and O–H groups in total. The maximum atomic E-state index is 12.5. The van der Waals surface area contributed by atoms with Gasteiger partial charge in [0.05, 0.1) is 12.6 Å². The molecule has 0 radical (unpaired) electrons. The van der Waals surface area contributed by atoms with E-state index in [1.165, 1.54) is 0 Å². The van der Waals surface area contributed by atoms with Crippen LogP contribution in [0.1, 0.15) is 26.7 Å². The zero-order valence-electron chi connectivity index (χ0n) is 14.6. The Morgan fingerprint density at radius 2 is 2.04 bits per heavy atom. The van der Waals surface area contributed by atoms with Crippen molar-refractivity contribution in [2.45, 2.75) is 45.1 Å². The smallest absolute Gasteiger partial charge is 0.258 e. The maximum absolute atomic E-state index is 12.5. The van der Waals surface area contributed by atoms with Gasteiger partial charge in [0.2, 0.25) is 5.91 Å². The van der Waals surface area contributed by atoms with Gasteiger partial charge in [0.1, 0.15) is 11.8 Å². The average molecular weight is 350 g/mol. The van der Waals surface area contributed by atoms with Crippen LogP contribution in [0, 0.1) is 5.92 Å². The molecule has 0 aromatic heterocycles. The molecular formula is C18H26N2O5. The third-order valence-electron chi connectivity index (χ3n) is 3.86. The van der Waals surface area contributed by atoms with Gasteiger partial charge in [-0.15, -0.1) is 0 Å². The predicted octanol–water partition coefficient (Wildman–Crippen LogP) is 0.820. The Labute approximate surface area is 147 Å². The highest BCUT2D eigenvalue weighted by atomic mass is 16.6. The van der Waals surface area contributed by atoms with Crippen molar-refractivity contribution in [3.05, 3.63) is 30.3 Å². The van der Waals surface area contributed by atoms with Crippen LogP contribution in [-0.2, 0) is 14.3 Å². The molecule has 2 rings (SSSR count). The van der Waals surface area contributed by atoms with E-state index in [9.17, 15) is 14.7 Å². The van der Waals surface area contributed by atoms with Crippen LogP contribution in [0.4, 0.5) is 0 Å². The molecular weight excluding hydrogens is 324 g/mol. The summed E-state index contributed by atoms with van der Waals surface area (Å²) in [5, 5.41) is 15.1. The van der Waals surface area contributed by atoms with Crippen molar-refractivity contribution in [2.24, 2.45) is 5.92 Å². The van der Waals surface area contributed by atoms with E-state index in [2.05, 4.69) is 10.6 Å². The Morgan fingerprint density at radius 3 is 2.64 bits per heavy atom. The molecule has 138 valence electrons. The number of rotatable bonds is 8. The molecule has 1 aromatic rings. The summed E-state index contributed by atoms with van der Waals surface area (Å²) >= 11 is 0. The quantitative estimate of drug-likeness (QED) is 0.645. The summed E-state index contributed by atoms with van der Waals surface area (Å²) in [6, 6.07) is 7.88. The molecule has 1 fully saturated rings. The summed E-state index contributed by atoms with van der Waals surface area (Å²) in [5.41, 5.74) is 0. The van der Waals surface area contributed by atoms with Gasteiger partial charge in [-0.25, -0.2) is 0 Å². The molecule has 0 spiro atoms. The molecule has 1 aliphatic rings. The molecule has 7 nitrogen and oxygen atoms in total. The van der Waals surface area contributed by atoms with Crippen LogP contribution in [0.5, 0.6) is 5.75 Å².